The summed E-state index contributed by atoms with van der Waals surface area (Å²) in [7, 11) is 2.11. The number of anilines is 1. The van der Waals surface area contributed by atoms with Crippen LogP contribution in [0.1, 0.15) is 44.0 Å². The van der Waals surface area contributed by atoms with E-state index in [1.807, 2.05) is 6.20 Å². The van der Waals surface area contributed by atoms with Crippen LogP contribution in [-0.4, -0.2) is 18.6 Å². The van der Waals surface area contributed by atoms with Crippen molar-refractivity contribution in [3.63, 3.8) is 0 Å². The fraction of sp³-hybridized carbons (Fsp3) is 0.471. The SMILES string of the molecule is CCCNC(CC)c1ccc(N(C)Cc2ccsc2)cn1. The molecule has 0 fully saturated rings. The molecule has 2 aromatic heterocycles. The van der Waals surface area contributed by atoms with E-state index in [9.17, 15) is 0 Å². The second-order valence-corrected chi connectivity index (χ2v) is 6.12. The van der Waals surface area contributed by atoms with Crippen molar-refractivity contribution in [1.29, 1.82) is 0 Å². The molecule has 2 heterocycles. The van der Waals surface area contributed by atoms with Crippen molar-refractivity contribution in [2.75, 3.05) is 18.5 Å². The highest BCUT2D eigenvalue weighted by Crippen LogP contribution is 2.19. The highest BCUT2D eigenvalue weighted by molar-refractivity contribution is 7.07. The molecule has 0 amide bonds. The van der Waals surface area contributed by atoms with Gasteiger partial charge in [0, 0.05) is 19.6 Å². The first-order valence-corrected chi connectivity index (χ1v) is 8.60. The molecule has 1 atom stereocenters. The maximum Gasteiger partial charge on any atom is 0.0574 e. The van der Waals surface area contributed by atoms with E-state index in [-0.39, 0.29) is 0 Å². The van der Waals surface area contributed by atoms with Crippen molar-refractivity contribution >= 4 is 17.0 Å². The summed E-state index contributed by atoms with van der Waals surface area (Å²) in [6.07, 6.45) is 4.20. The predicted molar refractivity (Wildman–Crippen MR) is 92.0 cm³/mol. The summed E-state index contributed by atoms with van der Waals surface area (Å²) >= 11 is 1.74. The monoisotopic (exact) mass is 303 g/mol. The van der Waals surface area contributed by atoms with Gasteiger partial charge >= 0.3 is 0 Å². The number of thiophene rings is 1. The average molecular weight is 303 g/mol. The first-order valence-electron chi connectivity index (χ1n) is 7.66. The van der Waals surface area contributed by atoms with Crippen LogP contribution in [0.4, 0.5) is 5.69 Å². The summed E-state index contributed by atoms with van der Waals surface area (Å²) < 4.78 is 0. The van der Waals surface area contributed by atoms with Gasteiger partial charge in [-0.25, -0.2) is 0 Å². The Morgan fingerprint density at radius 3 is 2.71 bits per heavy atom. The molecule has 0 radical (unpaired) electrons. The Labute approximate surface area is 132 Å². The van der Waals surface area contributed by atoms with Gasteiger partial charge in [-0.05, 0) is 53.9 Å². The zero-order chi connectivity index (χ0) is 15.1. The third kappa shape index (κ3) is 4.55. The Hall–Kier alpha value is -1.39. The summed E-state index contributed by atoms with van der Waals surface area (Å²) in [5.74, 6) is 0. The number of nitrogens with zero attached hydrogens (tertiary/aromatic N) is 2. The minimum atomic E-state index is 0.362. The van der Waals surface area contributed by atoms with Crippen molar-refractivity contribution in [2.45, 2.75) is 39.3 Å². The fourth-order valence-electron chi connectivity index (χ4n) is 2.35. The van der Waals surface area contributed by atoms with Crippen LogP contribution in [0.2, 0.25) is 0 Å². The Kier molecular flexibility index (Phi) is 6.21. The van der Waals surface area contributed by atoms with E-state index < -0.39 is 0 Å². The first-order chi connectivity index (χ1) is 10.2. The van der Waals surface area contributed by atoms with Gasteiger partial charge in [-0.15, -0.1) is 0 Å². The van der Waals surface area contributed by atoms with Crippen LogP contribution in [0, 0.1) is 0 Å². The van der Waals surface area contributed by atoms with Crippen molar-refractivity contribution in [1.82, 2.24) is 10.3 Å². The van der Waals surface area contributed by atoms with Crippen molar-refractivity contribution < 1.29 is 0 Å². The third-order valence-electron chi connectivity index (χ3n) is 3.62. The summed E-state index contributed by atoms with van der Waals surface area (Å²) in [4.78, 5) is 6.89. The molecule has 0 saturated carbocycles. The van der Waals surface area contributed by atoms with Crippen LogP contribution in [0.25, 0.3) is 0 Å². The molecule has 0 aliphatic rings. The Balaban J connectivity index is 2.00. The van der Waals surface area contributed by atoms with E-state index in [0.717, 1.165) is 37.3 Å². The van der Waals surface area contributed by atoms with Crippen LogP contribution in [0.3, 0.4) is 0 Å². The van der Waals surface area contributed by atoms with Crippen LogP contribution in [-0.2, 0) is 6.54 Å². The normalized spacial score (nSPS) is 12.3. The molecule has 4 heteroatoms. The highest BCUT2D eigenvalue weighted by Gasteiger charge is 2.10. The summed E-state index contributed by atoms with van der Waals surface area (Å²) in [6, 6.07) is 6.85. The van der Waals surface area contributed by atoms with E-state index in [1.165, 1.54) is 5.56 Å². The Bertz CT molecular complexity index is 507. The molecule has 114 valence electrons. The first kappa shape index (κ1) is 16.0. The second-order valence-electron chi connectivity index (χ2n) is 5.34. The van der Waals surface area contributed by atoms with Crippen molar-refractivity contribution in [3.05, 3.63) is 46.4 Å². The number of rotatable bonds is 8. The molecular formula is C17H25N3S. The standard InChI is InChI=1S/C17H25N3S/c1-4-9-18-16(5-2)17-7-6-15(11-19-17)20(3)12-14-8-10-21-13-14/h6-8,10-11,13,16,18H,4-5,9,12H2,1-3H3. The number of hydrogen-bond acceptors (Lipinski definition) is 4. The molecule has 0 bridgehead atoms. The smallest absolute Gasteiger partial charge is 0.0574 e. The van der Waals surface area contributed by atoms with E-state index >= 15 is 0 Å². The molecule has 0 aliphatic heterocycles. The number of aromatic nitrogens is 1. The summed E-state index contributed by atoms with van der Waals surface area (Å²) in [5.41, 5.74) is 3.65. The maximum absolute atomic E-state index is 4.65. The van der Waals surface area contributed by atoms with Crippen LogP contribution >= 0.6 is 11.3 Å². The molecular weight excluding hydrogens is 278 g/mol. The third-order valence-corrected chi connectivity index (χ3v) is 4.35. The van der Waals surface area contributed by atoms with E-state index in [2.05, 4.69) is 65.1 Å². The van der Waals surface area contributed by atoms with Crippen molar-refractivity contribution in [2.24, 2.45) is 0 Å². The van der Waals surface area contributed by atoms with Crippen LogP contribution < -0.4 is 10.2 Å². The quantitative estimate of drug-likeness (QED) is 0.791. The lowest BCUT2D eigenvalue weighted by molar-refractivity contribution is 0.507. The highest BCUT2D eigenvalue weighted by atomic mass is 32.1. The minimum absolute atomic E-state index is 0.362. The predicted octanol–water partition coefficient (Wildman–Crippen LogP) is 4.23. The molecule has 1 N–H and O–H groups in total. The number of nitrogens with one attached hydrogen (secondary N) is 1. The van der Waals surface area contributed by atoms with Crippen LogP contribution in [0.5, 0.6) is 0 Å². The zero-order valence-electron chi connectivity index (χ0n) is 13.2. The molecule has 0 spiro atoms. The molecule has 2 aromatic rings. The topological polar surface area (TPSA) is 28.2 Å². The maximum atomic E-state index is 4.65. The van der Waals surface area contributed by atoms with Gasteiger partial charge in [-0.1, -0.05) is 13.8 Å². The number of pyridine rings is 1. The van der Waals surface area contributed by atoms with E-state index in [1.54, 1.807) is 11.3 Å². The van der Waals surface area contributed by atoms with Gasteiger partial charge in [-0.3, -0.25) is 4.98 Å². The lowest BCUT2D eigenvalue weighted by Gasteiger charge is -2.20. The van der Waals surface area contributed by atoms with Crippen molar-refractivity contribution in [3.8, 4) is 0 Å². The van der Waals surface area contributed by atoms with Gasteiger partial charge in [0.25, 0.3) is 0 Å². The van der Waals surface area contributed by atoms with E-state index in [4.69, 9.17) is 0 Å². The lowest BCUT2D eigenvalue weighted by atomic mass is 10.1. The summed E-state index contributed by atoms with van der Waals surface area (Å²) in [5, 5.41) is 7.86. The molecule has 3 nitrogen and oxygen atoms in total. The van der Waals surface area contributed by atoms with Gasteiger partial charge in [-0.2, -0.15) is 11.3 Å². The van der Waals surface area contributed by atoms with Gasteiger partial charge in [0.2, 0.25) is 0 Å². The van der Waals surface area contributed by atoms with E-state index in [0.29, 0.717) is 6.04 Å². The van der Waals surface area contributed by atoms with Gasteiger partial charge in [0.1, 0.15) is 0 Å². The lowest BCUT2D eigenvalue weighted by Crippen LogP contribution is -2.22. The van der Waals surface area contributed by atoms with Crippen LogP contribution in [0.15, 0.2) is 35.2 Å². The fourth-order valence-corrected chi connectivity index (χ4v) is 3.01. The van der Waals surface area contributed by atoms with Gasteiger partial charge in [0.15, 0.2) is 0 Å². The van der Waals surface area contributed by atoms with Gasteiger partial charge < -0.3 is 10.2 Å². The molecule has 0 aromatic carbocycles. The Morgan fingerprint density at radius 2 is 2.14 bits per heavy atom. The summed E-state index contributed by atoms with van der Waals surface area (Å²) in [6.45, 7) is 6.36. The average Bonchev–Trinajstić information content (AvgIpc) is 3.01. The molecule has 0 saturated heterocycles. The molecule has 1 unspecified atom stereocenters. The minimum Gasteiger partial charge on any atom is -0.369 e. The Morgan fingerprint density at radius 1 is 1.29 bits per heavy atom. The molecule has 0 aliphatic carbocycles. The number of hydrogen-bond donors (Lipinski definition) is 1. The zero-order valence-corrected chi connectivity index (χ0v) is 14.0. The largest absolute Gasteiger partial charge is 0.369 e. The van der Waals surface area contributed by atoms with Gasteiger partial charge in [0.05, 0.1) is 17.6 Å². The molecule has 21 heavy (non-hydrogen) atoms. The molecule has 2 rings (SSSR count). The second kappa shape index (κ2) is 8.15.